The van der Waals surface area contributed by atoms with E-state index in [-0.39, 0.29) is 17.8 Å². The number of rotatable bonds is 2. The first kappa shape index (κ1) is 22.4. The molecule has 1 aromatic heterocycles. The first-order valence-electron chi connectivity index (χ1n) is 9.75. The van der Waals surface area contributed by atoms with Gasteiger partial charge in [0.05, 0.1) is 12.7 Å². The van der Waals surface area contributed by atoms with Gasteiger partial charge in [-0.05, 0) is 73.2 Å². The topological polar surface area (TPSA) is 131 Å². The molecule has 8 nitrogen and oxygen atoms in total. The van der Waals surface area contributed by atoms with Gasteiger partial charge in [0.15, 0.2) is 0 Å². The summed E-state index contributed by atoms with van der Waals surface area (Å²) in [6.45, 7) is 3.22. The summed E-state index contributed by atoms with van der Waals surface area (Å²) in [5.74, 6) is 0.801. The summed E-state index contributed by atoms with van der Waals surface area (Å²) in [6.07, 6.45) is 6.76. The molecule has 2 aromatic rings. The molecule has 6 N–H and O–H groups in total. The molecule has 164 valence electrons. The van der Waals surface area contributed by atoms with E-state index in [1.807, 2.05) is 6.92 Å². The molecule has 0 saturated carbocycles. The summed E-state index contributed by atoms with van der Waals surface area (Å²) in [5.41, 5.74) is 14.8. The van der Waals surface area contributed by atoms with Crippen LogP contribution in [-0.2, 0) is 41.8 Å². The maximum Gasteiger partial charge on any atom is 0.227 e. The number of methoxy groups -OCH3 is 1. The van der Waals surface area contributed by atoms with Crippen LogP contribution in [0.5, 0.6) is 5.88 Å². The molecule has 0 bridgehead atoms. The molecule has 2 heterocycles. The lowest BCUT2D eigenvalue weighted by atomic mass is 9.83. The van der Waals surface area contributed by atoms with Crippen LogP contribution >= 0.6 is 11.9 Å². The molecular weight excluding hydrogens is 409 g/mol. The fourth-order valence-electron chi connectivity index (χ4n) is 3.96. The van der Waals surface area contributed by atoms with E-state index in [9.17, 15) is 4.39 Å². The Morgan fingerprint density at radius 1 is 1.27 bits per heavy atom. The number of nitrogens with zero attached hydrogens (tertiary/aromatic N) is 2. The van der Waals surface area contributed by atoms with Crippen LogP contribution in [0.4, 0.5) is 10.1 Å². The van der Waals surface area contributed by atoms with Crippen molar-refractivity contribution in [3.8, 4) is 5.88 Å². The molecule has 1 unspecified atom stereocenters. The van der Waals surface area contributed by atoms with Crippen molar-refractivity contribution in [2.24, 2.45) is 10.9 Å². The second-order valence-corrected chi connectivity index (χ2v) is 8.34. The summed E-state index contributed by atoms with van der Waals surface area (Å²) in [5, 5.41) is 9.65. The molecule has 0 saturated heterocycles. The van der Waals surface area contributed by atoms with Crippen molar-refractivity contribution in [3.63, 3.8) is 0 Å². The molecule has 5 rings (SSSR count). The Balaban J connectivity index is 0.000000152. The SMILES string of the molecule is COC1(C)COc2c(SN)cnn2C1.NC=O.Nc1c2c(c(F)c3c1CC3)CCC2. The Hall–Kier alpha value is -2.30. The van der Waals surface area contributed by atoms with E-state index >= 15 is 0 Å². The molecular formula is C20H28FN5O3S. The van der Waals surface area contributed by atoms with E-state index in [0.717, 1.165) is 82.8 Å². The Labute approximate surface area is 179 Å². The molecule has 3 aliphatic rings. The number of nitrogens with two attached hydrogens (primary N) is 3. The number of hydrogen-bond donors (Lipinski definition) is 3. The minimum absolute atomic E-state index is 0.0583. The van der Waals surface area contributed by atoms with E-state index in [4.69, 9.17) is 25.1 Å². The summed E-state index contributed by atoms with van der Waals surface area (Å²) < 4.78 is 26.4. The molecule has 0 radical (unpaired) electrons. The predicted molar refractivity (Wildman–Crippen MR) is 114 cm³/mol. The van der Waals surface area contributed by atoms with Crippen LogP contribution in [0.2, 0.25) is 0 Å². The van der Waals surface area contributed by atoms with Gasteiger partial charge in [-0.2, -0.15) is 5.10 Å². The lowest BCUT2D eigenvalue weighted by Gasteiger charge is -2.32. The predicted octanol–water partition coefficient (Wildman–Crippen LogP) is 1.74. The molecule has 0 spiro atoms. The van der Waals surface area contributed by atoms with Crippen molar-refractivity contribution >= 4 is 24.0 Å². The van der Waals surface area contributed by atoms with Crippen molar-refractivity contribution in [2.45, 2.75) is 56.1 Å². The largest absolute Gasteiger partial charge is 0.474 e. The van der Waals surface area contributed by atoms with Gasteiger partial charge in [-0.15, -0.1) is 0 Å². The summed E-state index contributed by atoms with van der Waals surface area (Å²) in [6, 6.07) is 0. The summed E-state index contributed by atoms with van der Waals surface area (Å²) in [4.78, 5) is 9.45. The minimum atomic E-state index is -0.296. The molecule has 1 aromatic carbocycles. The van der Waals surface area contributed by atoms with Crippen molar-refractivity contribution in [3.05, 3.63) is 34.3 Å². The van der Waals surface area contributed by atoms with Crippen LogP contribution in [0.25, 0.3) is 0 Å². The Bertz CT molecular complexity index is 899. The number of anilines is 1. The fourth-order valence-corrected chi connectivity index (χ4v) is 4.34. The number of carbonyl (C=O) groups excluding carboxylic acids is 1. The standard InChI is InChI=1S/C11H12FN.C8H13N3O2S.CH3NO/c12-10-6-2-1-3-8(6)11(13)9-5-4-7(9)10;1-8(12-2)4-11-7(13-5-8)6(14-9)3-10-11;2-1-3/h1-5,13H2;3H,4-5,9H2,1-2H3;1H,(H2,2,3). The van der Waals surface area contributed by atoms with Crippen LogP contribution < -0.4 is 21.3 Å². The number of aromatic nitrogens is 2. The normalized spacial score (nSPS) is 20.1. The van der Waals surface area contributed by atoms with Gasteiger partial charge >= 0.3 is 0 Å². The number of amides is 1. The van der Waals surface area contributed by atoms with Crippen molar-refractivity contribution in [1.29, 1.82) is 0 Å². The van der Waals surface area contributed by atoms with Gasteiger partial charge in [-0.3, -0.25) is 9.93 Å². The van der Waals surface area contributed by atoms with Crippen LogP contribution in [0.1, 0.15) is 35.6 Å². The number of nitrogen functional groups attached to an aromatic ring is 1. The number of fused-ring (bicyclic) bond motifs is 3. The maximum atomic E-state index is 13.7. The Kier molecular flexibility index (Phi) is 6.89. The minimum Gasteiger partial charge on any atom is -0.474 e. The third kappa shape index (κ3) is 4.12. The fraction of sp³-hybridized carbons (Fsp3) is 0.500. The van der Waals surface area contributed by atoms with Crippen molar-refractivity contribution < 1.29 is 18.7 Å². The first-order valence-corrected chi connectivity index (χ1v) is 10.6. The third-order valence-corrected chi connectivity index (χ3v) is 6.30. The molecule has 10 heteroatoms. The number of benzene rings is 1. The van der Waals surface area contributed by atoms with E-state index < -0.39 is 0 Å². The Morgan fingerprint density at radius 2 is 1.87 bits per heavy atom. The highest BCUT2D eigenvalue weighted by atomic mass is 32.2. The van der Waals surface area contributed by atoms with Crippen LogP contribution in [-0.4, -0.2) is 35.5 Å². The third-order valence-electron chi connectivity index (χ3n) is 5.77. The van der Waals surface area contributed by atoms with E-state index in [1.165, 1.54) is 0 Å². The molecule has 2 aliphatic carbocycles. The molecule has 1 aliphatic heterocycles. The van der Waals surface area contributed by atoms with E-state index in [0.29, 0.717) is 13.2 Å². The molecule has 1 atom stereocenters. The van der Waals surface area contributed by atoms with Gasteiger partial charge in [0.1, 0.15) is 22.9 Å². The summed E-state index contributed by atoms with van der Waals surface area (Å²) in [7, 11) is 1.68. The zero-order valence-corrected chi connectivity index (χ0v) is 18.1. The van der Waals surface area contributed by atoms with Crippen LogP contribution in [0, 0.1) is 5.82 Å². The maximum absolute atomic E-state index is 13.7. The second-order valence-electron chi connectivity index (χ2n) is 7.66. The average Bonchev–Trinajstić information content (AvgIpc) is 3.34. The molecule has 1 amide bonds. The zero-order valence-electron chi connectivity index (χ0n) is 17.2. The van der Waals surface area contributed by atoms with Crippen LogP contribution in [0.15, 0.2) is 11.1 Å². The smallest absolute Gasteiger partial charge is 0.227 e. The molecule has 0 fully saturated rings. The van der Waals surface area contributed by atoms with Crippen molar-refractivity contribution in [2.75, 3.05) is 19.5 Å². The highest BCUT2D eigenvalue weighted by Crippen LogP contribution is 2.40. The summed E-state index contributed by atoms with van der Waals surface area (Å²) >= 11 is 1.15. The van der Waals surface area contributed by atoms with Gasteiger partial charge < -0.3 is 20.9 Å². The van der Waals surface area contributed by atoms with Crippen molar-refractivity contribution in [1.82, 2.24) is 9.78 Å². The first-order chi connectivity index (χ1) is 14.4. The van der Waals surface area contributed by atoms with E-state index in [2.05, 4.69) is 10.8 Å². The lowest BCUT2D eigenvalue weighted by molar-refractivity contribution is -0.106. The van der Waals surface area contributed by atoms with Gasteiger partial charge in [0, 0.05) is 12.8 Å². The number of ether oxygens (including phenoxy) is 2. The van der Waals surface area contributed by atoms with Gasteiger partial charge in [0.2, 0.25) is 12.3 Å². The van der Waals surface area contributed by atoms with Crippen LogP contribution in [0.3, 0.4) is 0 Å². The van der Waals surface area contributed by atoms with Gasteiger partial charge in [0.25, 0.3) is 0 Å². The van der Waals surface area contributed by atoms with E-state index in [1.54, 1.807) is 18.0 Å². The highest BCUT2D eigenvalue weighted by Gasteiger charge is 2.33. The number of halogens is 1. The average molecular weight is 438 g/mol. The zero-order chi connectivity index (χ0) is 21.9. The second kappa shape index (κ2) is 9.23. The highest BCUT2D eigenvalue weighted by molar-refractivity contribution is 7.97. The quantitative estimate of drug-likeness (QED) is 0.370. The number of carbonyl (C=O) groups is 1. The molecule has 30 heavy (non-hydrogen) atoms. The van der Waals surface area contributed by atoms with Gasteiger partial charge in [-0.1, -0.05) is 0 Å². The Morgan fingerprint density at radius 3 is 2.47 bits per heavy atom. The number of primary amides is 1. The number of hydrogen-bond acceptors (Lipinski definition) is 7. The monoisotopic (exact) mass is 437 g/mol. The van der Waals surface area contributed by atoms with Gasteiger partial charge in [-0.25, -0.2) is 9.07 Å². The lowest BCUT2D eigenvalue weighted by Crippen LogP contribution is -2.43.